The number of para-hydroxylation sites is 1. The zero-order valence-corrected chi connectivity index (χ0v) is 13.8. The largest absolute Gasteiger partial charge is 0.463 e. The summed E-state index contributed by atoms with van der Waals surface area (Å²) in [6, 6.07) is 5.86. The van der Waals surface area contributed by atoms with Gasteiger partial charge in [-0.3, -0.25) is 4.68 Å². The van der Waals surface area contributed by atoms with Crippen LogP contribution in [0, 0.1) is 6.92 Å². The predicted octanol–water partition coefficient (Wildman–Crippen LogP) is 1.59. The number of rotatable bonds is 4. The van der Waals surface area contributed by atoms with Crippen LogP contribution in [0.1, 0.15) is 18.0 Å². The van der Waals surface area contributed by atoms with Crippen molar-refractivity contribution < 1.29 is 17.9 Å². The van der Waals surface area contributed by atoms with Gasteiger partial charge in [0.05, 0.1) is 24.6 Å². The molecule has 2 heterocycles. The van der Waals surface area contributed by atoms with E-state index in [0.29, 0.717) is 12.0 Å². The smallest absolute Gasteiger partial charge is 0.244 e. The maximum Gasteiger partial charge on any atom is 0.244 e. The van der Waals surface area contributed by atoms with Gasteiger partial charge >= 0.3 is 0 Å². The average molecular weight is 347 g/mol. The summed E-state index contributed by atoms with van der Waals surface area (Å²) in [7, 11) is -3.77. The van der Waals surface area contributed by atoms with E-state index in [0.717, 1.165) is 10.9 Å². The van der Waals surface area contributed by atoms with Crippen LogP contribution in [0.2, 0.25) is 0 Å². The highest BCUT2D eigenvalue weighted by Gasteiger charge is 2.44. The first kappa shape index (κ1) is 15.4. The van der Waals surface area contributed by atoms with Crippen LogP contribution in [-0.2, 0) is 10.0 Å². The molecule has 0 unspecified atom stereocenters. The topological polar surface area (TPSA) is 97.4 Å². The number of hydrogen-bond acceptors (Lipinski definition) is 5. The normalized spacial score (nSPS) is 24.2. The zero-order chi connectivity index (χ0) is 16.9. The van der Waals surface area contributed by atoms with Gasteiger partial charge in [0.15, 0.2) is 5.58 Å². The molecule has 126 valence electrons. The van der Waals surface area contributed by atoms with Gasteiger partial charge in [0.25, 0.3) is 0 Å². The summed E-state index contributed by atoms with van der Waals surface area (Å²) in [4.78, 5) is 0.0989. The van der Waals surface area contributed by atoms with E-state index in [2.05, 4.69) is 9.82 Å². The molecule has 0 bridgehead atoms. The molecule has 1 saturated carbocycles. The van der Waals surface area contributed by atoms with Crippen LogP contribution in [-0.4, -0.2) is 35.5 Å². The number of aliphatic hydroxyl groups is 1. The van der Waals surface area contributed by atoms with Crippen LogP contribution in [0.15, 0.2) is 52.2 Å². The van der Waals surface area contributed by atoms with E-state index in [4.69, 9.17) is 4.42 Å². The predicted molar refractivity (Wildman–Crippen MR) is 86.9 cm³/mol. The summed E-state index contributed by atoms with van der Waals surface area (Å²) in [6.45, 7) is 1.89. The molecule has 24 heavy (non-hydrogen) atoms. The van der Waals surface area contributed by atoms with Crippen molar-refractivity contribution in [2.75, 3.05) is 0 Å². The number of nitrogens with one attached hydrogen (secondary N) is 1. The second-order valence-electron chi connectivity index (χ2n) is 6.11. The first-order chi connectivity index (χ1) is 11.5. The molecule has 0 saturated heterocycles. The molecule has 0 amide bonds. The number of sulfonamides is 1. The molecule has 7 nitrogen and oxygen atoms in total. The van der Waals surface area contributed by atoms with Crippen LogP contribution >= 0.6 is 0 Å². The summed E-state index contributed by atoms with van der Waals surface area (Å²) < 4.78 is 35.1. The van der Waals surface area contributed by atoms with E-state index in [9.17, 15) is 13.5 Å². The molecule has 0 radical (unpaired) electrons. The maximum absolute atomic E-state index is 12.8. The van der Waals surface area contributed by atoms with E-state index in [1.165, 1.54) is 12.3 Å². The van der Waals surface area contributed by atoms with E-state index >= 15 is 0 Å². The van der Waals surface area contributed by atoms with Crippen molar-refractivity contribution in [3.63, 3.8) is 0 Å². The minimum Gasteiger partial charge on any atom is -0.463 e. The van der Waals surface area contributed by atoms with Crippen LogP contribution in [0.3, 0.4) is 0 Å². The lowest BCUT2D eigenvalue weighted by Crippen LogP contribution is -2.56. The van der Waals surface area contributed by atoms with Crippen LogP contribution in [0.5, 0.6) is 0 Å². The maximum atomic E-state index is 12.8. The Balaban J connectivity index is 1.63. The molecule has 8 heteroatoms. The van der Waals surface area contributed by atoms with Crippen molar-refractivity contribution in [3.05, 3.63) is 48.5 Å². The molecule has 0 spiro atoms. The third-order valence-electron chi connectivity index (χ3n) is 4.38. The zero-order valence-electron chi connectivity index (χ0n) is 13.0. The number of hydrogen-bond donors (Lipinski definition) is 2. The van der Waals surface area contributed by atoms with Crippen molar-refractivity contribution >= 4 is 21.0 Å². The molecule has 2 N–H and O–H groups in total. The Morgan fingerprint density at radius 1 is 1.38 bits per heavy atom. The Kier molecular flexibility index (Phi) is 3.48. The molecule has 2 aromatic heterocycles. The monoisotopic (exact) mass is 347 g/mol. The fourth-order valence-electron chi connectivity index (χ4n) is 3.13. The molecule has 1 fully saturated rings. The quantitative estimate of drug-likeness (QED) is 0.747. The van der Waals surface area contributed by atoms with Crippen LogP contribution in [0.25, 0.3) is 11.0 Å². The Bertz CT molecular complexity index is 992. The minimum absolute atomic E-state index is 0.0989. The number of furan rings is 1. The lowest BCUT2D eigenvalue weighted by atomic mass is 9.84. The van der Waals surface area contributed by atoms with E-state index in [1.54, 1.807) is 35.3 Å². The third-order valence-corrected chi connectivity index (χ3v) is 5.89. The molecule has 1 aliphatic rings. The minimum atomic E-state index is -3.77. The van der Waals surface area contributed by atoms with E-state index < -0.39 is 28.2 Å². The van der Waals surface area contributed by atoms with Crippen molar-refractivity contribution in [1.29, 1.82) is 0 Å². The number of fused-ring (bicyclic) bond motifs is 1. The first-order valence-electron chi connectivity index (χ1n) is 7.63. The highest BCUT2D eigenvalue weighted by molar-refractivity contribution is 7.89. The van der Waals surface area contributed by atoms with Gasteiger partial charge in [-0.2, -0.15) is 5.10 Å². The molecular weight excluding hydrogens is 330 g/mol. The van der Waals surface area contributed by atoms with Crippen molar-refractivity contribution in [3.8, 4) is 0 Å². The van der Waals surface area contributed by atoms with Gasteiger partial charge in [0.1, 0.15) is 4.90 Å². The Labute approximate surface area is 138 Å². The second kappa shape index (κ2) is 5.44. The number of nitrogens with zero attached hydrogens (tertiary/aromatic N) is 2. The van der Waals surface area contributed by atoms with Gasteiger partial charge in [0, 0.05) is 17.6 Å². The van der Waals surface area contributed by atoms with Gasteiger partial charge in [0.2, 0.25) is 10.0 Å². The summed E-state index contributed by atoms with van der Waals surface area (Å²) in [6.07, 6.45) is 4.65. The van der Waals surface area contributed by atoms with Gasteiger partial charge in [-0.05, 0) is 31.0 Å². The van der Waals surface area contributed by atoms with E-state index in [1.807, 2.05) is 6.92 Å². The third kappa shape index (κ3) is 2.43. The Hall–Kier alpha value is -2.16. The van der Waals surface area contributed by atoms with Crippen LogP contribution < -0.4 is 4.72 Å². The lowest BCUT2D eigenvalue weighted by molar-refractivity contribution is 0.000525. The summed E-state index contributed by atoms with van der Waals surface area (Å²) in [5.74, 6) is 0. The van der Waals surface area contributed by atoms with Gasteiger partial charge < -0.3 is 9.52 Å². The fourth-order valence-corrected chi connectivity index (χ4v) is 4.55. The van der Waals surface area contributed by atoms with Crippen molar-refractivity contribution in [2.24, 2.45) is 0 Å². The van der Waals surface area contributed by atoms with Crippen molar-refractivity contribution in [1.82, 2.24) is 14.5 Å². The molecule has 3 atom stereocenters. The molecule has 4 rings (SSSR count). The van der Waals surface area contributed by atoms with E-state index in [-0.39, 0.29) is 4.90 Å². The first-order valence-corrected chi connectivity index (χ1v) is 9.11. The number of aryl methyl sites for hydroxylation is 1. The van der Waals surface area contributed by atoms with Gasteiger partial charge in [-0.25, -0.2) is 13.1 Å². The second-order valence-corrected chi connectivity index (χ2v) is 7.80. The summed E-state index contributed by atoms with van der Waals surface area (Å²) >= 11 is 0. The van der Waals surface area contributed by atoms with Gasteiger partial charge in [-0.15, -0.1) is 0 Å². The summed E-state index contributed by atoms with van der Waals surface area (Å²) in [5, 5.41) is 14.9. The fraction of sp³-hybridized carbons (Fsp3) is 0.312. The lowest BCUT2D eigenvalue weighted by Gasteiger charge is -2.41. The SMILES string of the molecule is Cc1cnn([C@H]2[C@H](O)C[C@@H]2NS(=O)(=O)c2cccc3ccoc23)c1. The van der Waals surface area contributed by atoms with Gasteiger partial charge in [-0.1, -0.05) is 12.1 Å². The molecule has 0 aliphatic heterocycles. The number of aromatic nitrogens is 2. The Morgan fingerprint density at radius 2 is 2.21 bits per heavy atom. The number of benzene rings is 1. The van der Waals surface area contributed by atoms with Crippen molar-refractivity contribution in [2.45, 2.75) is 36.4 Å². The highest BCUT2D eigenvalue weighted by atomic mass is 32.2. The van der Waals surface area contributed by atoms with Crippen LogP contribution in [0.4, 0.5) is 0 Å². The summed E-state index contributed by atoms with van der Waals surface area (Å²) in [5.41, 5.74) is 1.28. The molecule has 3 aromatic rings. The molecule has 1 aromatic carbocycles. The standard InChI is InChI=1S/C16H17N3O4S/c1-10-8-17-19(9-10)15-12(7-13(15)20)18-24(21,22)14-4-2-3-11-5-6-23-16(11)14/h2-6,8-9,12-13,15,18,20H,7H2,1H3/t12-,13+,15+/m0/s1. The Morgan fingerprint density at radius 3 is 2.92 bits per heavy atom. The molecule has 1 aliphatic carbocycles. The average Bonchev–Trinajstić information content (AvgIpc) is 3.14. The highest BCUT2D eigenvalue weighted by Crippen LogP contribution is 2.34. The molecular formula is C16H17N3O4S. The number of aliphatic hydroxyl groups excluding tert-OH is 1.